The van der Waals surface area contributed by atoms with Crippen LogP contribution in [0.25, 0.3) is 5.53 Å². The van der Waals surface area contributed by atoms with Gasteiger partial charge in [0.1, 0.15) is 0 Å². The smallest absolute Gasteiger partial charge is 0.360 e. The number of halogens is 1. The normalized spacial score (nSPS) is 22.0. The van der Waals surface area contributed by atoms with Crippen LogP contribution in [-0.4, -0.2) is 9.96 Å². The molecule has 1 aliphatic carbocycles. The summed E-state index contributed by atoms with van der Waals surface area (Å²) in [6, 6.07) is 0. The number of hydrogen-bond donors (Lipinski definition) is 0. The quantitative estimate of drug-likeness (QED) is 0.307. The van der Waals surface area contributed by atoms with Crippen molar-refractivity contribution in [2.75, 3.05) is 0 Å². The van der Waals surface area contributed by atoms with Gasteiger partial charge < -0.3 is 5.53 Å². The van der Waals surface area contributed by atoms with Crippen LogP contribution in [0.5, 0.6) is 0 Å². The molecule has 0 N–H and O–H groups in total. The van der Waals surface area contributed by atoms with E-state index in [-0.39, 0.29) is 5.41 Å². The molecule has 2 nitrogen and oxygen atoms in total. The molecular formula is C6H9ClN2. The fourth-order valence-electron chi connectivity index (χ4n) is 1.03. The molecule has 0 aromatic carbocycles. The van der Waals surface area contributed by atoms with E-state index in [1.54, 1.807) is 0 Å². The van der Waals surface area contributed by atoms with Gasteiger partial charge in [-0.1, -0.05) is 6.42 Å². The Bertz CT molecular complexity index is 166. The van der Waals surface area contributed by atoms with Gasteiger partial charge in [0.05, 0.1) is 5.41 Å². The summed E-state index contributed by atoms with van der Waals surface area (Å²) in [4.78, 5) is 2.96. The second kappa shape index (κ2) is 2.13. The molecule has 0 atom stereocenters. The maximum atomic E-state index is 8.29. The monoisotopic (exact) mass is 144 g/mol. The van der Waals surface area contributed by atoms with Gasteiger partial charge in [0, 0.05) is 11.6 Å². The highest BCUT2D eigenvalue weighted by atomic mass is 35.5. The van der Waals surface area contributed by atoms with Crippen LogP contribution < -0.4 is 0 Å². The first-order chi connectivity index (χ1) is 4.19. The summed E-state index contributed by atoms with van der Waals surface area (Å²) < 4.78 is 0. The zero-order chi connectivity index (χ0) is 6.91. The minimum atomic E-state index is -0.00367. The van der Waals surface area contributed by atoms with Gasteiger partial charge >= 0.3 is 5.17 Å². The second-order valence-corrected chi connectivity index (χ2v) is 3.16. The largest absolute Gasteiger partial charge is 0.365 e. The van der Waals surface area contributed by atoms with Crippen LogP contribution in [0.3, 0.4) is 0 Å². The molecule has 0 bridgehead atoms. The Morgan fingerprint density at radius 3 is 2.33 bits per heavy atom. The van der Waals surface area contributed by atoms with Gasteiger partial charge in [-0.15, -0.1) is 0 Å². The standard InChI is InChI=1S/C6H9ClN2/c1-6(3-2-4-6)5(7)9-8/h2-4H2,1H3. The van der Waals surface area contributed by atoms with Crippen LogP contribution in [0.15, 0.2) is 0 Å². The van der Waals surface area contributed by atoms with Crippen molar-refractivity contribution in [3.63, 3.8) is 0 Å². The van der Waals surface area contributed by atoms with E-state index in [0.29, 0.717) is 5.17 Å². The summed E-state index contributed by atoms with van der Waals surface area (Å²) in [7, 11) is 0. The predicted octanol–water partition coefficient (Wildman–Crippen LogP) is 2.04. The highest BCUT2D eigenvalue weighted by molar-refractivity contribution is 6.64. The molecule has 3 heteroatoms. The summed E-state index contributed by atoms with van der Waals surface area (Å²) >= 11 is 5.61. The van der Waals surface area contributed by atoms with Crippen LogP contribution in [-0.2, 0) is 0 Å². The maximum absolute atomic E-state index is 8.29. The van der Waals surface area contributed by atoms with Crippen LogP contribution in [0, 0.1) is 5.41 Å². The lowest BCUT2D eigenvalue weighted by Gasteiger charge is -2.31. The molecule has 0 radical (unpaired) electrons. The lowest BCUT2D eigenvalue weighted by atomic mass is 9.71. The molecule has 0 saturated heterocycles. The third-order valence-corrected chi connectivity index (χ3v) is 2.57. The lowest BCUT2D eigenvalue weighted by Crippen LogP contribution is -2.32. The number of nitrogens with zero attached hydrogens (tertiary/aromatic N) is 2. The zero-order valence-electron chi connectivity index (χ0n) is 5.39. The van der Waals surface area contributed by atoms with Crippen molar-refractivity contribution in [2.24, 2.45) is 5.41 Å². The molecule has 0 aliphatic heterocycles. The molecule has 1 rings (SSSR count). The minimum absolute atomic E-state index is 0.00367. The van der Waals surface area contributed by atoms with Gasteiger partial charge in [-0.2, -0.15) is 4.79 Å². The summed E-state index contributed by atoms with van der Waals surface area (Å²) in [6.07, 6.45) is 3.30. The average molecular weight is 145 g/mol. The molecule has 0 unspecified atom stereocenters. The van der Waals surface area contributed by atoms with Crippen LogP contribution in [0.2, 0.25) is 0 Å². The van der Waals surface area contributed by atoms with E-state index in [1.165, 1.54) is 6.42 Å². The number of rotatable bonds is 1. The molecule has 0 aromatic heterocycles. The Balaban J connectivity index is 2.70. The number of hydrogen-bond acceptors (Lipinski definition) is 0. The van der Waals surface area contributed by atoms with Crippen molar-refractivity contribution >= 4 is 16.8 Å². The van der Waals surface area contributed by atoms with Crippen LogP contribution in [0.4, 0.5) is 0 Å². The van der Waals surface area contributed by atoms with E-state index in [9.17, 15) is 0 Å². The van der Waals surface area contributed by atoms with Gasteiger partial charge in [-0.05, 0) is 19.8 Å². The first kappa shape index (κ1) is 6.79. The van der Waals surface area contributed by atoms with Gasteiger partial charge in [0.25, 0.3) is 0 Å². The zero-order valence-corrected chi connectivity index (χ0v) is 6.15. The fourth-order valence-corrected chi connectivity index (χ4v) is 1.22. The highest BCUT2D eigenvalue weighted by Crippen LogP contribution is 2.41. The first-order valence-electron chi connectivity index (χ1n) is 3.07. The Hall–Kier alpha value is -0.330. The molecular weight excluding hydrogens is 136 g/mol. The van der Waals surface area contributed by atoms with E-state index < -0.39 is 0 Å². The predicted molar refractivity (Wildman–Crippen MR) is 36.4 cm³/mol. The molecule has 0 aromatic rings. The van der Waals surface area contributed by atoms with Gasteiger partial charge in [0.2, 0.25) is 0 Å². The molecule has 0 spiro atoms. The summed E-state index contributed by atoms with van der Waals surface area (Å²) in [5.41, 5.74) is 8.29. The van der Waals surface area contributed by atoms with Crippen molar-refractivity contribution in [2.45, 2.75) is 26.2 Å². The summed E-state index contributed by atoms with van der Waals surface area (Å²) in [5, 5.41) is 0.355. The molecule has 1 aliphatic rings. The SMILES string of the molecule is CC1(C(Cl)=[N+]=[N-])CCC1. The molecule has 1 fully saturated rings. The first-order valence-corrected chi connectivity index (χ1v) is 3.45. The van der Waals surface area contributed by atoms with Crippen molar-refractivity contribution in [3.8, 4) is 0 Å². The Labute approximate surface area is 59.4 Å². The van der Waals surface area contributed by atoms with Crippen LogP contribution in [0.1, 0.15) is 26.2 Å². The lowest BCUT2D eigenvalue weighted by molar-refractivity contribution is -0.0206. The van der Waals surface area contributed by atoms with Crippen molar-refractivity contribution in [1.82, 2.24) is 0 Å². The second-order valence-electron chi connectivity index (χ2n) is 2.81. The fraction of sp³-hybridized carbons (Fsp3) is 0.833. The topological polar surface area (TPSA) is 36.4 Å². The van der Waals surface area contributed by atoms with Crippen molar-refractivity contribution in [3.05, 3.63) is 5.53 Å². The molecule has 9 heavy (non-hydrogen) atoms. The van der Waals surface area contributed by atoms with Crippen molar-refractivity contribution in [1.29, 1.82) is 0 Å². The van der Waals surface area contributed by atoms with Gasteiger partial charge in [-0.3, -0.25) is 0 Å². The van der Waals surface area contributed by atoms with E-state index >= 15 is 0 Å². The van der Waals surface area contributed by atoms with E-state index in [1.807, 2.05) is 6.92 Å². The molecule has 0 amide bonds. The van der Waals surface area contributed by atoms with Crippen molar-refractivity contribution < 1.29 is 4.79 Å². The summed E-state index contributed by atoms with van der Waals surface area (Å²) in [5.74, 6) is 0. The average Bonchev–Trinajstić information content (AvgIpc) is 1.81. The molecule has 50 valence electrons. The Kier molecular flexibility index (Phi) is 1.60. The van der Waals surface area contributed by atoms with Gasteiger partial charge in [-0.25, -0.2) is 0 Å². The molecule has 1 saturated carbocycles. The highest BCUT2D eigenvalue weighted by Gasteiger charge is 2.42. The van der Waals surface area contributed by atoms with E-state index in [2.05, 4.69) is 4.79 Å². The van der Waals surface area contributed by atoms with E-state index in [4.69, 9.17) is 17.1 Å². The molecule has 0 heterocycles. The van der Waals surface area contributed by atoms with Gasteiger partial charge in [0.15, 0.2) is 0 Å². The third kappa shape index (κ3) is 1.00. The van der Waals surface area contributed by atoms with Crippen LogP contribution >= 0.6 is 11.6 Å². The third-order valence-electron chi connectivity index (χ3n) is 2.04. The Morgan fingerprint density at radius 1 is 1.67 bits per heavy atom. The van der Waals surface area contributed by atoms with E-state index in [0.717, 1.165) is 12.8 Å². The summed E-state index contributed by atoms with van der Waals surface area (Å²) in [6.45, 7) is 2.01. The Morgan fingerprint density at radius 2 is 2.22 bits per heavy atom. The maximum Gasteiger partial charge on any atom is 0.365 e. The minimum Gasteiger partial charge on any atom is -0.360 e.